The summed E-state index contributed by atoms with van der Waals surface area (Å²) in [5, 5.41) is 0.543. The molecule has 2 fully saturated rings. The van der Waals surface area contributed by atoms with Crippen molar-refractivity contribution in [3.63, 3.8) is 0 Å². The van der Waals surface area contributed by atoms with E-state index in [1.807, 2.05) is 24.3 Å². The zero-order valence-electron chi connectivity index (χ0n) is 11.7. The van der Waals surface area contributed by atoms with Crippen LogP contribution in [0.15, 0.2) is 24.3 Å². The van der Waals surface area contributed by atoms with Crippen LogP contribution in [0.5, 0.6) is 5.75 Å². The average molecular weight is 292 g/mol. The fourth-order valence-electron chi connectivity index (χ4n) is 3.42. The number of ether oxygens (including phenoxy) is 1. The summed E-state index contributed by atoms with van der Waals surface area (Å²) in [6.45, 7) is 0. The molecule has 2 heterocycles. The maximum Gasteiger partial charge on any atom is 0.140 e. The SMILES string of the molecule is COc1cccc(CC(=O)C2CC3CCC(C2)S3=O)c1. The molecule has 2 bridgehead atoms. The van der Waals surface area contributed by atoms with E-state index in [9.17, 15) is 9.00 Å². The fourth-order valence-corrected chi connectivity index (χ4v) is 5.55. The standard InChI is InChI=1S/C16H20O3S/c1-19-13-4-2-3-11(7-13)8-16(17)12-9-14-5-6-15(10-12)20(14)18/h2-4,7,12,14-15H,5-6,8-10H2,1H3. The maximum atomic E-state index is 12.5. The minimum Gasteiger partial charge on any atom is -0.497 e. The summed E-state index contributed by atoms with van der Waals surface area (Å²) in [5.41, 5.74) is 1.01. The summed E-state index contributed by atoms with van der Waals surface area (Å²) in [6, 6.07) is 7.70. The molecule has 3 nitrogen and oxygen atoms in total. The van der Waals surface area contributed by atoms with Crippen molar-refractivity contribution in [3.8, 4) is 5.75 Å². The van der Waals surface area contributed by atoms with E-state index in [4.69, 9.17) is 4.74 Å². The van der Waals surface area contributed by atoms with Crippen LogP contribution in [0.2, 0.25) is 0 Å². The van der Waals surface area contributed by atoms with Crippen molar-refractivity contribution in [2.45, 2.75) is 42.6 Å². The molecular weight excluding hydrogens is 272 g/mol. The molecule has 3 rings (SSSR count). The van der Waals surface area contributed by atoms with Crippen LogP contribution in [-0.2, 0) is 22.0 Å². The van der Waals surface area contributed by atoms with Gasteiger partial charge in [-0.05, 0) is 43.4 Å². The van der Waals surface area contributed by atoms with E-state index in [0.29, 0.717) is 12.2 Å². The Morgan fingerprint density at radius 2 is 2.00 bits per heavy atom. The van der Waals surface area contributed by atoms with E-state index >= 15 is 0 Å². The van der Waals surface area contributed by atoms with Gasteiger partial charge < -0.3 is 4.74 Å². The highest BCUT2D eigenvalue weighted by atomic mass is 32.2. The Morgan fingerprint density at radius 1 is 1.30 bits per heavy atom. The smallest absolute Gasteiger partial charge is 0.140 e. The molecule has 2 unspecified atom stereocenters. The lowest BCUT2D eigenvalue weighted by Crippen LogP contribution is -2.32. The average Bonchev–Trinajstić information content (AvgIpc) is 2.68. The summed E-state index contributed by atoms with van der Waals surface area (Å²) in [5.74, 6) is 1.20. The number of Topliss-reactive ketones (excluding diaryl/α,β-unsaturated/α-hetero) is 1. The monoisotopic (exact) mass is 292 g/mol. The van der Waals surface area contributed by atoms with E-state index in [1.165, 1.54) is 0 Å². The second-order valence-corrected chi connectivity index (χ2v) is 7.80. The van der Waals surface area contributed by atoms with Crippen LogP contribution in [0, 0.1) is 5.92 Å². The number of benzene rings is 1. The Hall–Kier alpha value is -1.16. The molecule has 2 aliphatic heterocycles. The third-order valence-corrected chi connectivity index (χ3v) is 6.70. The van der Waals surface area contributed by atoms with Gasteiger partial charge in [0.25, 0.3) is 0 Å². The minimum absolute atomic E-state index is 0.108. The second kappa shape index (κ2) is 5.68. The van der Waals surface area contributed by atoms with Crippen LogP contribution >= 0.6 is 0 Å². The molecule has 0 saturated carbocycles. The zero-order chi connectivity index (χ0) is 14.1. The van der Waals surface area contributed by atoms with Crippen LogP contribution in [0.3, 0.4) is 0 Å². The highest BCUT2D eigenvalue weighted by Crippen LogP contribution is 2.39. The summed E-state index contributed by atoms with van der Waals surface area (Å²) in [6.07, 6.45) is 4.20. The van der Waals surface area contributed by atoms with Gasteiger partial charge in [-0.25, -0.2) is 0 Å². The molecule has 0 aromatic heterocycles. The van der Waals surface area contributed by atoms with Crippen molar-refractivity contribution >= 4 is 16.6 Å². The molecule has 20 heavy (non-hydrogen) atoms. The highest BCUT2D eigenvalue weighted by Gasteiger charge is 2.42. The molecule has 108 valence electrons. The van der Waals surface area contributed by atoms with Crippen LogP contribution in [-0.4, -0.2) is 27.6 Å². The Bertz CT molecular complexity index is 524. The Labute approximate surface area is 122 Å². The molecule has 1 aromatic carbocycles. The molecule has 0 aliphatic carbocycles. The van der Waals surface area contributed by atoms with E-state index in [2.05, 4.69) is 0 Å². The van der Waals surface area contributed by atoms with Crippen molar-refractivity contribution in [2.75, 3.05) is 7.11 Å². The van der Waals surface area contributed by atoms with E-state index in [1.54, 1.807) is 7.11 Å². The lowest BCUT2D eigenvalue weighted by atomic mass is 9.91. The first-order chi connectivity index (χ1) is 9.67. The minimum atomic E-state index is -0.680. The zero-order valence-corrected chi connectivity index (χ0v) is 12.5. The Kier molecular flexibility index (Phi) is 3.92. The number of hydrogen-bond donors (Lipinski definition) is 0. The number of ketones is 1. The van der Waals surface area contributed by atoms with Gasteiger partial charge in [0.2, 0.25) is 0 Å². The summed E-state index contributed by atoms with van der Waals surface area (Å²) < 4.78 is 17.2. The number of carbonyl (C=O) groups is 1. The van der Waals surface area contributed by atoms with Crippen LogP contribution < -0.4 is 4.74 Å². The predicted octanol–water partition coefficient (Wildman–Crippen LogP) is 2.50. The van der Waals surface area contributed by atoms with E-state index in [0.717, 1.165) is 37.0 Å². The molecular formula is C16H20O3S. The van der Waals surface area contributed by atoms with Crippen molar-refractivity contribution in [2.24, 2.45) is 5.92 Å². The molecule has 0 spiro atoms. The molecule has 2 atom stereocenters. The molecule has 0 N–H and O–H groups in total. The quantitative estimate of drug-likeness (QED) is 0.856. The van der Waals surface area contributed by atoms with Gasteiger partial charge in [0, 0.05) is 33.6 Å². The molecule has 2 saturated heterocycles. The third-order valence-electron chi connectivity index (χ3n) is 4.53. The van der Waals surface area contributed by atoms with Crippen LogP contribution in [0.1, 0.15) is 31.2 Å². The number of methoxy groups -OCH3 is 1. The number of rotatable bonds is 4. The number of fused-ring (bicyclic) bond motifs is 2. The highest BCUT2D eigenvalue weighted by molar-refractivity contribution is 7.86. The van der Waals surface area contributed by atoms with Gasteiger partial charge >= 0.3 is 0 Å². The van der Waals surface area contributed by atoms with Gasteiger partial charge in [-0.15, -0.1) is 0 Å². The van der Waals surface area contributed by atoms with Gasteiger partial charge in [0.05, 0.1) is 7.11 Å². The summed E-state index contributed by atoms with van der Waals surface area (Å²) >= 11 is 0. The van der Waals surface area contributed by atoms with Crippen molar-refractivity contribution < 1.29 is 13.7 Å². The van der Waals surface area contributed by atoms with Crippen molar-refractivity contribution in [1.29, 1.82) is 0 Å². The molecule has 0 amide bonds. The normalized spacial score (nSPS) is 32.0. The van der Waals surface area contributed by atoms with Gasteiger partial charge in [-0.2, -0.15) is 0 Å². The van der Waals surface area contributed by atoms with E-state index in [-0.39, 0.29) is 16.4 Å². The van der Waals surface area contributed by atoms with E-state index < -0.39 is 10.8 Å². The van der Waals surface area contributed by atoms with Gasteiger partial charge in [0.1, 0.15) is 11.5 Å². The van der Waals surface area contributed by atoms with Crippen LogP contribution in [0.4, 0.5) is 0 Å². The summed E-state index contributed by atoms with van der Waals surface area (Å²) in [7, 11) is 0.954. The fraction of sp³-hybridized carbons (Fsp3) is 0.562. The predicted molar refractivity (Wildman–Crippen MR) is 79.4 cm³/mol. The first-order valence-corrected chi connectivity index (χ1v) is 8.50. The second-order valence-electron chi connectivity index (χ2n) is 5.81. The largest absolute Gasteiger partial charge is 0.497 e. The number of hydrogen-bond acceptors (Lipinski definition) is 3. The molecule has 2 aliphatic rings. The molecule has 0 radical (unpaired) electrons. The third kappa shape index (κ3) is 2.66. The first-order valence-electron chi connectivity index (χ1n) is 7.22. The van der Waals surface area contributed by atoms with Crippen molar-refractivity contribution in [1.82, 2.24) is 0 Å². The topological polar surface area (TPSA) is 43.4 Å². The summed E-state index contributed by atoms with van der Waals surface area (Å²) in [4.78, 5) is 12.5. The number of carbonyl (C=O) groups excluding carboxylic acids is 1. The molecule has 4 heteroatoms. The molecule has 1 aromatic rings. The van der Waals surface area contributed by atoms with Gasteiger partial charge in [0.15, 0.2) is 0 Å². The Morgan fingerprint density at radius 3 is 2.65 bits per heavy atom. The Balaban J connectivity index is 1.66. The van der Waals surface area contributed by atoms with Gasteiger partial charge in [-0.3, -0.25) is 9.00 Å². The first kappa shape index (κ1) is 13.8. The maximum absolute atomic E-state index is 12.5. The lowest BCUT2D eigenvalue weighted by Gasteiger charge is -2.26. The van der Waals surface area contributed by atoms with Gasteiger partial charge in [-0.1, -0.05) is 12.1 Å². The van der Waals surface area contributed by atoms with Crippen molar-refractivity contribution in [3.05, 3.63) is 29.8 Å². The lowest BCUT2D eigenvalue weighted by molar-refractivity contribution is -0.122. The van der Waals surface area contributed by atoms with Crippen LogP contribution in [0.25, 0.3) is 0 Å².